The van der Waals surface area contributed by atoms with E-state index in [1.807, 2.05) is 34.9 Å². The third-order valence-electron chi connectivity index (χ3n) is 3.63. The first-order chi connectivity index (χ1) is 10.9. The van der Waals surface area contributed by atoms with Gasteiger partial charge in [0.15, 0.2) is 11.8 Å². The van der Waals surface area contributed by atoms with Crippen molar-refractivity contribution < 1.29 is 0 Å². The number of hydrogen-bond acceptors (Lipinski definition) is 3. The number of nitrogens with one attached hydrogen (secondary N) is 2. The van der Waals surface area contributed by atoms with E-state index < -0.39 is 0 Å². The monoisotopic (exact) mass is 426 g/mol. The molecule has 1 aliphatic carbocycles. The number of rotatable bonds is 6. The molecule has 0 saturated heterocycles. The quantitative estimate of drug-likeness (QED) is 0.423. The first kappa shape index (κ1) is 17.7. The SMILES string of the molecule is CCNC(=NCc1nncn1-c1ccccc1)NCC1CC1.I. The summed E-state index contributed by atoms with van der Waals surface area (Å²) < 4.78 is 1.97. The van der Waals surface area contributed by atoms with Crippen LogP contribution < -0.4 is 10.6 Å². The van der Waals surface area contributed by atoms with Crippen molar-refractivity contribution in [2.24, 2.45) is 10.9 Å². The van der Waals surface area contributed by atoms with Gasteiger partial charge in [-0.3, -0.25) is 4.57 Å². The van der Waals surface area contributed by atoms with Gasteiger partial charge < -0.3 is 10.6 Å². The molecule has 23 heavy (non-hydrogen) atoms. The lowest BCUT2D eigenvalue weighted by atomic mass is 10.3. The van der Waals surface area contributed by atoms with Crippen LogP contribution in [0.1, 0.15) is 25.6 Å². The summed E-state index contributed by atoms with van der Waals surface area (Å²) in [7, 11) is 0. The minimum Gasteiger partial charge on any atom is -0.357 e. The Labute approximate surface area is 153 Å². The Morgan fingerprint density at radius 2 is 2.04 bits per heavy atom. The molecule has 2 N–H and O–H groups in total. The van der Waals surface area contributed by atoms with Crippen LogP contribution in [0.4, 0.5) is 0 Å². The van der Waals surface area contributed by atoms with Crippen LogP contribution in [0.5, 0.6) is 0 Å². The molecule has 0 amide bonds. The van der Waals surface area contributed by atoms with Crippen molar-refractivity contribution in [2.45, 2.75) is 26.3 Å². The van der Waals surface area contributed by atoms with Gasteiger partial charge in [0.05, 0.1) is 0 Å². The van der Waals surface area contributed by atoms with Gasteiger partial charge in [-0.25, -0.2) is 4.99 Å². The minimum absolute atomic E-state index is 0. The second kappa shape index (κ2) is 8.85. The van der Waals surface area contributed by atoms with Gasteiger partial charge in [0.1, 0.15) is 12.9 Å². The molecule has 3 rings (SSSR count). The van der Waals surface area contributed by atoms with Crippen LogP contribution in [0.15, 0.2) is 41.7 Å². The zero-order valence-corrected chi connectivity index (χ0v) is 15.6. The van der Waals surface area contributed by atoms with Gasteiger partial charge >= 0.3 is 0 Å². The van der Waals surface area contributed by atoms with E-state index in [-0.39, 0.29) is 24.0 Å². The Bertz CT molecular complexity index is 621. The largest absolute Gasteiger partial charge is 0.357 e. The summed E-state index contributed by atoms with van der Waals surface area (Å²) in [5.41, 5.74) is 1.05. The number of aliphatic imine (C=N–C) groups is 1. The van der Waals surface area contributed by atoms with Gasteiger partial charge in [-0.2, -0.15) is 0 Å². The molecule has 1 fully saturated rings. The van der Waals surface area contributed by atoms with Crippen LogP contribution >= 0.6 is 24.0 Å². The lowest BCUT2D eigenvalue weighted by molar-refractivity contribution is 0.734. The number of para-hydroxylation sites is 1. The van der Waals surface area contributed by atoms with Crippen molar-refractivity contribution >= 4 is 29.9 Å². The summed E-state index contributed by atoms with van der Waals surface area (Å²) in [5.74, 6) is 2.49. The topological polar surface area (TPSA) is 67.1 Å². The van der Waals surface area contributed by atoms with Crippen molar-refractivity contribution in [1.29, 1.82) is 0 Å². The molecule has 0 unspecified atom stereocenters. The van der Waals surface area contributed by atoms with E-state index in [4.69, 9.17) is 0 Å². The van der Waals surface area contributed by atoms with Gasteiger partial charge in [0, 0.05) is 18.8 Å². The number of nitrogens with zero attached hydrogens (tertiary/aromatic N) is 4. The molecule has 1 aliphatic rings. The Morgan fingerprint density at radius 1 is 1.26 bits per heavy atom. The maximum Gasteiger partial charge on any atom is 0.191 e. The molecule has 1 aromatic carbocycles. The maximum atomic E-state index is 4.61. The Hall–Kier alpha value is -1.64. The molecule has 1 aromatic heterocycles. The van der Waals surface area contributed by atoms with Crippen LogP contribution in [-0.2, 0) is 6.54 Å². The van der Waals surface area contributed by atoms with Crippen molar-refractivity contribution in [3.8, 4) is 5.69 Å². The summed E-state index contributed by atoms with van der Waals surface area (Å²) in [5, 5.41) is 14.8. The average Bonchev–Trinajstić information content (AvgIpc) is 3.27. The predicted octanol–water partition coefficient (Wildman–Crippen LogP) is 2.35. The third-order valence-corrected chi connectivity index (χ3v) is 3.63. The van der Waals surface area contributed by atoms with E-state index in [9.17, 15) is 0 Å². The van der Waals surface area contributed by atoms with E-state index in [0.717, 1.165) is 36.5 Å². The highest BCUT2D eigenvalue weighted by atomic mass is 127. The number of hydrogen-bond donors (Lipinski definition) is 2. The molecule has 6 nitrogen and oxygen atoms in total. The lowest BCUT2D eigenvalue weighted by Gasteiger charge is -2.11. The highest BCUT2D eigenvalue weighted by molar-refractivity contribution is 14.0. The van der Waals surface area contributed by atoms with Gasteiger partial charge in [-0.1, -0.05) is 18.2 Å². The van der Waals surface area contributed by atoms with Crippen LogP contribution in [0.2, 0.25) is 0 Å². The van der Waals surface area contributed by atoms with Crippen molar-refractivity contribution in [3.05, 3.63) is 42.5 Å². The van der Waals surface area contributed by atoms with Crippen LogP contribution in [0, 0.1) is 5.92 Å². The second-order valence-electron chi connectivity index (χ2n) is 5.47. The van der Waals surface area contributed by atoms with Crippen molar-refractivity contribution in [2.75, 3.05) is 13.1 Å². The van der Waals surface area contributed by atoms with Crippen LogP contribution in [0.3, 0.4) is 0 Å². The van der Waals surface area contributed by atoms with Gasteiger partial charge in [-0.15, -0.1) is 34.2 Å². The Balaban J connectivity index is 0.00000192. The van der Waals surface area contributed by atoms with E-state index in [0.29, 0.717) is 6.54 Å². The van der Waals surface area contributed by atoms with Crippen molar-refractivity contribution in [1.82, 2.24) is 25.4 Å². The first-order valence-corrected chi connectivity index (χ1v) is 7.83. The maximum absolute atomic E-state index is 4.61. The molecule has 0 atom stereocenters. The molecule has 124 valence electrons. The fourth-order valence-corrected chi connectivity index (χ4v) is 2.23. The van der Waals surface area contributed by atoms with Gasteiger partial charge in [-0.05, 0) is 37.8 Å². The van der Waals surface area contributed by atoms with Crippen LogP contribution in [0.25, 0.3) is 5.69 Å². The first-order valence-electron chi connectivity index (χ1n) is 7.83. The summed E-state index contributed by atoms with van der Waals surface area (Å²) in [4.78, 5) is 4.61. The van der Waals surface area contributed by atoms with Crippen LogP contribution in [-0.4, -0.2) is 33.8 Å². The zero-order valence-electron chi connectivity index (χ0n) is 13.3. The molecular weight excluding hydrogens is 403 g/mol. The molecule has 1 saturated carbocycles. The van der Waals surface area contributed by atoms with E-state index in [1.54, 1.807) is 6.33 Å². The average molecular weight is 426 g/mol. The predicted molar refractivity (Wildman–Crippen MR) is 102 cm³/mol. The summed E-state index contributed by atoms with van der Waals surface area (Å²) in [6, 6.07) is 10.1. The Kier molecular flexibility index (Phi) is 6.82. The molecule has 0 radical (unpaired) electrons. The lowest BCUT2D eigenvalue weighted by Crippen LogP contribution is -2.38. The fourth-order valence-electron chi connectivity index (χ4n) is 2.23. The molecular formula is C16H23IN6. The summed E-state index contributed by atoms with van der Waals surface area (Å²) in [6.45, 7) is 4.41. The van der Waals surface area contributed by atoms with Crippen molar-refractivity contribution in [3.63, 3.8) is 0 Å². The molecule has 0 aliphatic heterocycles. The molecule has 0 spiro atoms. The molecule has 0 bridgehead atoms. The molecule has 2 aromatic rings. The fraction of sp³-hybridized carbons (Fsp3) is 0.438. The highest BCUT2D eigenvalue weighted by Crippen LogP contribution is 2.27. The van der Waals surface area contributed by atoms with E-state index in [2.05, 4.69) is 32.7 Å². The second-order valence-corrected chi connectivity index (χ2v) is 5.47. The molecule has 1 heterocycles. The summed E-state index contributed by atoms with van der Waals surface area (Å²) >= 11 is 0. The van der Waals surface area contributed by atoms with E-state index >= 15 is 0 Å². The normalized spacial score (nSPS) is 14.2. The van der Waals surface area contributed by atoms with Gasteiger partial charge in [0.2, 0.25) is 0 Å². The number of guanidine groups is 1. The number of halogens is 1. The van der Waals surface area contributed by atoms with Gasteiger partial charge in [0.25, 0.3) is 0 Å². The third kappa shape index (κ3) is 5.19. The minimum atomic E-state index is 0. The van der Waals surface area contributed by atoms with E-state index in [1.165, 1.54) is 12.8 Å². The zero-order chi connectivity index (χ0) is 15.2. The Morgan fingerprint density at radius 3 is 2.74 bits per heavy atom. The highest BCUT2D eigenvalue weighted by Gasteiger charge is 2.21. The molecule has 7 heteroatoms. The number of benzene rings is 1. The standard InChI is InChI=1S/C16H22N6.HI/c1-2-17-16(18-10-13-8-9-13)19-11-15-21-20-12-22(15)14-6-4-3-5-7-14;/h3-7,12-13H,2,8-11H2,1H3,(H2,17,18,19);1H. The smallest absolute Gasteiger partial charge is 0.191 e. The number of aromatic nitrogens is 3. The summed E-state index contributed by atoms with van der Waals surface area (Å²) in [6.07, 6.45) is 4.38.